The number of unbranched alkanes of at least 4 members (excludes halogenated alkanes) is 1. The first-order chi connectivity index (χ1) is 9.02. The van der Waals surface area contributed by atoms with Crippen LogP contribution >= 0.6 is 0 Å². The van der Waals surface area contributed by atoms with E-state index in [1.807, 2.05) is 0 Å². The summed E-state index contributed by atoms with van der Waals surface area (Å²) < 4.78 is 9.99. The molecule has 0 atom stereocenters. The molecule has 0 saturated heterocycles. The van der Waals surface area contributed by atoms with Gasteiger partial charge in [0.05, 0.1) is 13.2 Å². The molecule has 0 rings (SSSR count). The molecule has 0 heterocycles. The fourth-order valence-corrected chi connectivity index (χ4v) is 1.73. The number of carbonyl (C=O) groups excluding carboxylic acids is 2. The van der Waals surface area contributed by atoms with Crippen molar-refractivity contribution in [1.82, 2.24) is 0 Å². The Morgan fingerprint density at radius 1 is 1.00 bits per heavy atom. The first-order valence-corrected chi connectivity index (χ1v) is 7.02. The number of esters is 2. The summed E-state index contributed by atoms with van der Waals surface area (Å²) in [5.74, 6) is -0.985. The van der Waals surface area contributed by atoms with Gasteiger partial charge < -0.3 is 9.47 Å². The van der Waals surface area contributed by atoms with Crippen LogP contribution in [-0.2, 0) is 19.1 Å². The van der Waals surface area contributed by atoms with E-state index < -0.39 is 17.4 Å². The molecule has 0 aliphatic rings. The summed E-state index contributed by atoms with van der Waals surface area (Å²) in [7, 11) is 0. The molecule has 0 saturated carbocycles. The first-order valence-electron chi connectivity index (χ1n) is 7.02. The Hall–Kier alpha value is -1.32. The quantitative estimate of drug-likeness (QED) is 0.279. The minimum atomic E-state index is -1.19. The molecule has 4 heteroatoms. The number of hydrogen-bond acceptors (Lipinski definition) is 4. The average Bonchev–Trinajstić information content (AvgIpc) is 2.38. The van der Waals surface area contributed by atoms with E-state index in [1.165, 1.54) is 0 Å². The highest BCUT2D eigenvalue weighted by Crippen LogP contribution is 2.28. The van der Waals surface area contributed by atoms with Gasteiger partial charge in [0.2, 0.25) is 0 Å². The molecule has 0 aromatic carbocycles. The second-order valence-electron chi connectivity index (χ2n) is 4.54. The van der Waals surface area contributed by atoms with Crippen molar-refractivity contribution in [3.8, 4) is 0 Å². The smallest absolute Gasteiger partial charge is 0.323 e. The predicted molar refractivity (Wildman–Crippen MR) is 74.7 cm³/mol. The number of allylic oxidation sites excluding steroid dienone is 2. The van der Waals surface area contributed by atoms with E-state index in [4.69, 9.17) is 9.47 Å². The lowest BCUT2D eigenvalue weighted by atomic mass is 9.85. The van der Waals surface area contributed by atoms with Crippen LogP contribution in [0.15, 0.2) is 12.2 Å². The third kappa shape index (κ3) is 5.90. The van der Waals surface area contributed by atoms with Crippen molar-refractivity contribution >= 4 is 11.9 Å². The summed E-state index contributed by atoms with van der Waals surface area (Å²) in [6.45, 7) is 7.67. The zero-order valence-electron chi connectivity index (χ0n) is 12.5. The summed E-state index contributed by atoms with van der Waals surface area (Å²) >= 11 is 0. The minimum Gasteiger partial charge on any atom is -0.465 e. The second kappa shape index (κ2) is 9.59. The lowest BCUT2D eigenvalue weighted by Gasteiger charge is -2.24. The molecule has 0 radical (unpaired) electrons. The molecule has 0 bridgehead atoms. The van der Waals surface area contributed by atoms with Crippen LogP contribution in [0.4, 0.5) is 0 Å². The summed E-state index contributed by atoms with van der Waals surface area (Å²) in [5, 5.41) is 0. The molecular formula is C15H26O4. The monoisotopic (exact) mass is 270 g/mol. The molecule has 0 amide bonds. The lowest BCUT2D eigenvalue weighted by molar-refractivity contribution is -0.171. The summed E-state index contributed by atoms with van der Waals surface area (Å²) in [6.07, 6.45) is 7.18. The number of ether oxygens (including phenoxy) is 2. The molecule has 110 valence electrons. The van der Waals surface area contributed by atoms with E-state index in [0.29, 0.717) is 6.42 Å². The molecule has 0 aliphatic carbocycles. The van der Waals surface area contributed by atoms with Crippen molar-refractivity contribution in [2.75, 3.05) is 13.2 Å². The van der Waals surface area contributed by atoms with Crippen LogP contribution < -0.4 is 0 Å². The van der Waals surface area contributed by atoms with Crippen molar-refractivity contribution in [1.29, 1.82) is 0 Å². The minimum absolute atomic E-state index is 0.267. The maximum atomic E-state index is 12.0. The fourth-order valence-electron chi connectivity index (χ4n) is 1.73. The number of hydrogen-bond donors (Lipinski definition) is 0. The Bertz CT molecular complexity index is 289. The predicted octanol–water partition coefficient (Wildman–Crippen LogP) is 3.26. The van der Waals surface area contributed by atoms with Gasteiger partial charge in [-0.3, -0.25) is 9.59 Å². The van der Waals surface area contributed by atoms with Crippen molar-refractivity contribution in [3.63, 3.8) is 0 Å². The van der Waals surface area contributed by atoms with Crippen LogP contribution in [0.25, 0.3) is 0 Å². The molecule has 0 unspecified atom stereocenters. The average molecular weight is 270 g/mol. The van der Waals surface area contributed by atoms with Gasteiger partial charge in [-0.05, 0) is 46.5 Å². The third-order valence-electron chi connectivity index (χ3n) is 2.90. The van der Waals surface area contributed by atoms with Gasteiger partial charge in [0.1, 0.15) is 0 Å². The van der Waals surface area contributed by atoms with E-state index in [2.05, 4.69) is 19.1 Å². The Balaban J connectivity index is 4.61. The maximum Gasteiger partial charge on any atom is 0.323 e. The standard InChI is InChI=1S/C15H26O4/c1-5-8-9-10-11-12-15(4,13(16)18-6-2)14(17)19-7-3/h8-9H,5-7,10-12H2,1-4H3. The molecule has 4 nitrogen and oxygen atoms in total. The summed E-state index contributed by atoms with van der Waals surface area (Å²) in [6, 6.07) is 0. The zero-order valence-corrected chi connectivity index (χ0v) is 12.5. The SMILES string of the molecule is CCC=CCCCC(C)(C(=O)OCC)C(=O)OCC. The van der Waals surface area contributed by atoms with E-state index >= 15 is 0 Å². The number of carbonyl (C=O) groups is 2. The van der Waals surface area contributed by atoms with Gasteiger partial charge in [0.15, 0.2) is 5.41 Å². The van der Waals surface area contributed by atoms with Crippen LogP contribution in [0.3, 0.4) is 0 Å². The molecular weight excluding hydrogens is 244 g/mol. The summed E-state index contributed by atoms with van der Waals surface area (Å²) in [5.41, 5.74) is -1.19. The van der Waals surface area contributed by atoms with Gasteiger partial charge in [0.25, 0.3) is 0 Å². The van der Waals surface area contributed by atoms with Gasteiger partial charge in [-0.25, -0.2) is 0 Å². The van der Waals surface area contributed by atoms with Crippen LogP contribution in [0.1, 0.15) is 53.4 Å². The lowest BCUT2D eigenvalue weighted by Crippen LogP contribution is -2.39. The van der Waals surface area contributed by atoms with E-state index in [-0.39, 0.29) is 13.2 Å². The van der Waals surface area contributed by atoms with Crippen LogP contribution in [0, 0.1) is 5.41 Å². The first kappa shape index (κ1) is 17.7. The maximum absolute atomic E-state index is 12.0. The van der Waals surface area contributed by atoms with Gasteiger partial charge >= 0.3 is 11.9 Å². The number of rotatable bonds is 9. The Morgan fingerprint density at radius 2 is 1.53 bits per heavy atom. The molecule has 0 fully saturated rings. The van der Waals surface area contributed by atoms with Crippen molar-refractivity contribution in [2.24, 2.45) is 5.41 Å². The third-order valence-corrected chi connectivity index (χ3v) is 2.90. The van der Waals surface area contributed by atoms with Gasteiger partial charge in [-0.1, -0.05) is 19.1 Å². The van der Waals surface area contributed by atoms with Crippen molar-refractivity contribution < 1.29 is 19.1 Å². The normalized spacial score (nSPS) is 11.6. The van der Waals surface area contributed by atoms with Crippen molar-refractivity contribution in [2.45, 2.75) is 53.4 Å². The molecule has 0 N–H and O–H groups in total. The fraction of sp³-hybridized carbons (Fsp3) is 0.733. The van der Waals surface area contributed by atoms with Crippen LogP contribution in [-0.4, -0.2) is 25.2 Å². The topological polar surface area (TPSA) is 52.6 Å². The van der Waals surface area contributed by atoms with Crippen LogP contribution in [0.5, 0.6) is 0 Å². The summed E-state index contributed by atoms with van der Waals surface area (Å²) in [4.78, 5) is 23.9. The molecule has 0 spiro atoms. The Kier molecular flexibility index (Phi) is 8.92. The molecule has 0 aromatic rings. The molecule has 0 aliphatic heterocycles. The highest BCUT2D eigenvalue weighted by molar-refractivity contribution is 5.99. The van der Waals surface area contributed by atoms with Gasteiger partial charge in [-0.15, -0.1) is 0 Å². The largest absolute Gasteiger partial charge is 0.465 e. The second-order valence-corrected chi connectivity index (χ2v) is 4.54. The van der Waals surface area contributed by atoms with Gasteiger partial charge in [0, 0.05) is 0 Å². The zero-order chi connectivity index (χ0) is 14.7. The Morgan fingerprint density at radius 3 is 1.95 bits per heavy atom. The van der Waals surface area contributed by atoms with Crippen LogP contribution in [0.2, 0.25) is 0 Å². The molecule has 0 aromatic heterocycles. The highest BCUT2D eigenvalue weighted by Gasteiger charge is 2.43. The van der Waals surface area contributed by atoms with Crippen molar-refractivity contribution in [3.05, 3.63) is 12.2 Å². The molecule has 19 heavy (non-hydrogen) atoms. The highest BCUT2D eigenvalue weighted by atomic mass is 16.6. The van der Waals surface area contributed by atoms with E-state index in [0.717, 1.165) is 19.3 Å². The Labute approximate surface area is 116 Å². The van der Waals surface area contributed by atoms with E-state index in [1.54, 1.807) is 20.8 Å². The van der Waals surface area contributed by atoms with E-state index in [9.17, 15) is 9.59 Å². The van der Waals surface area contributed by atoms with Gasteiger partial charge in [-0.2, -0.15) is 0 Å².